The van der Waals surface area contributed by atoms with Gasteiger partial charge in [0.2, 0.25) is 0 Å². The van der Waals surface area contributed by atoms with E-state index in [1.807, 2.05) is 6.07 Å². The number of nitrogens with one attached hydrogen (secondary N) is 1. The molecule has 2 heterocycles. The summed E-state index contributed by atoms with van der Waals surface area (Å²) < 4.78 is 4.81. The standard InChI is InChI=1S/C13H9N3O3/c14-6-10-2-3-11(15-10)8-1-4-12-9(5-8)7-19-13(17)16(12)18/h1-5,15,18H,7H2. The molecule has 0 unspecified atom stereocenters. The van der Waals surface area contributed by atoms with Gasteiger partial charge in [0.25, 0.3) is 0 Å². The van der Waals surface area contributed by atoms with Crippen LogP contribution in [0, 0.1) is 11.3 Å². The molecular formula is C13H9N3O3. The normalized spacial score (nSPS) is 13.7. The lowest BCUT2D eigenvalue weighted by molar-refractivity contribution is 0.105. The summed E-state index contributed by atoms with van der Waals surface area (Å²) in [5.41, 5.74) is 3.23. The molecule has 0 spiro atoms. The van der Waals surface area contributed by atoms with Gasteiger partial charge in [-0.1, -0.05) is 6.07 Å². The quantitative estimate of drug-likeness (QED) is 0.765. The summed E-state index contributed by atoms with van der Waals surface area (Å²) in [6.45, 7) is 0.116. The Hall–Kier alpha value is -2.78. The molecule has 0 radical (unpaired) electrons. The summed E-state index contributed by atoms with van der Waals surface area (Å²) in [7, 11) is 0. The first-order valence-electron chi connectivity index (χ1n) is 5.57. The number of amides is 1. The van der Waals surface area contributed by atoms with Crippen LogP contribution in [0.3, 0.4) is 0 Å². The predicted molar refractivity (Wildman–Crippen MR) is 65.4 cm³/mol. The van der Waals surface area contributed by atoms with Crippen LogP contribution in [0.4, 0.5) is 10.5 Å². The van der Waals surface area contributed by atoms with Gasteiger partial charge in [-0.25, -0.2) is 4.79 Å². The molecule has 3 rings (SSSR count). The largest absolute Gasteiger partial charge is 0.443 e. The zero-order valence-corrected chi connectivity index (χ0v) is 9.75. The number of hydrogen-bond acceptors (Lipinski definition) is 4. The number of nitriles is 1. The Labute approximate surface area is 108 Å². The van der Waals surface area contributed by atoms with Gasteiger partial charge in [-0.2, -0.15) is 10.3 Å². The second-order valence-electron chi connectivity index (χ2n) is 4.11. The molecule has 1 amide bonds. The minimum absolute atomic E-state index is 0.116. The van der Waals surface area contributed by atoms with E-state index in [9.17, 15) is 10.0 Å². The van der Waals surface area contributed by atoms with Crippen LogP contribution in [0.25, 0.3) is 11.3 Å². The number of aromatic amines is 1. The second kappa shape index (κ2) is 4.15. The minimum Gasteiger partial charge on any atom is -0.443 e. The van der Waals surface area contributed by atoms with Gasteiger partial charge in [0.15, 0.2) is 0 Å². The van der Waals surface area contributed by atoms with Crippen molar-refractivity contribution in [3.63, 3.8) is 0 Å². The summed E-state index contributed by atoms with van der Waals surface area (Å²) in [4.78, 5) is 14.1. The SMILES string of the molecule is N#Cc1ccc(-c2ccc3c(c2)COC(=O)N3O)[nH]1. The van der Waals surface area contributed by atoms with Gasteiger partial charge in [0, 0.05) is 11.3 Å². The average Bonchev–Trinajstić information content (AvgIpc) is 2.91. The maximum atomic E-state index is 11.2. The van der Waals surface area contributed by atoms with Crippen LogP contribution in [0.2, 0.25) is 0 Å². The van der Waals surface area contributed by atoms with E-state index in [4.69, 9.17) is 10.00 Å². The fourth-order valence-electron chi connectivity index (χ4n) is 2.00. The fourth-order valence-corrected chi connectivity index (χ4v) is 2.00. The Morgan fingerprint density at radius 2 is 2.21 bits per heavy atom. The van der Waals surface area contributed by atoms with Gasteiger partial charge in [0.1, 0.15) is 18.4 Å². The average molecular weight is 255 g/mol. The molecule has 6 heteroatoms. The van der Waals surface area contributed by atoms with Crippen molar-refractivity contribution in [3.05, 3.63) is 41.6 Å². The van der Waals surface area contributed by atoms with E-state index in [0.29, 0.717) is 22.0 Å². The van der Waals surface area contributed by atoms with E-state index in [-0.39, 0.29) is 6.61 Å². The number of H-pyrrole nitrogens is 1. The summed E-state index contributed by atoms with van der Waals surface area (Å²) in [5.74, 6) is 0. The van der Waals surface area contributed by atoms with Crippen LogP contribution in [0.15, 0.2) is 30.3 Å². The van der Waals surface area contributed by atoms with Gasteiger partial charge in [-0.3, -0.25) is 5.21 Å². The Balaban J connectivity index is 2.02. The molecular weight excluding hydrogens is 246 g/mol. The van der Waals surface area contributed by atoms with Crippen LogP contribution in [-0.4, -0.2) is 16.3 Å². The van der Waals surface area contributed by atoms with Crippen molar-refractivity contribution in [1.82, 2.24) is 4.98 Å². The van der Waals surface area contributed by atoms with Crippen molar-refractivity contribution in [2.75, 3.05) is 5.06 Å². The number of hydroxylamine groups is 1. The Morgan fingerprint density at radius 1 is 1.37 bits per heavy atom. The number of rotatable bonds is 1. The first-order chi connectivity index (χ1) is 9.19. The maximum Gasteiger partial charge on any atom is 0.438 e. The highest BCUT2D eigenvalue weighted by atomic mass is 16.6. The molecule has 1 aliphatic rings. The molecule has 0 bridgehead atoms. The van der Waals surface area contributed by atoms with Crippen molar-refractivity contribution in [2.24, 2.45) is 0 Å². The molecule has 0 atom stereocenters. The van der Waals surface area contributed by atoms with Crippen molar-refractivity contribution in [2.45, 2.75) is 6.61 Å². The number of cyclic esters (lactones) is 1. The van der Waals surface area contributed by atoms with Crippen molar-refractivity contribution in [1.29, 1.82) is 5.26 Å². The minimum atomic E-state index is -0.785. The number of nitrogens with zero attached hydrogens (tertiary/aromatic N) is 2. The number of fused-ring (bicyclic) bond motifs is 1. The zero-order valence-electron chi connectivity index (χ0n) is 9.75. The van der Waals surface area contributed by atoms with E-state index < -0.39 is 6.09 Å². The predicted octanol–water partition coefficient (Wildman–Crippen LogP) is 2.40. The highest BCUT2D eigenvalue weighted by molar-refractivity contribution is 5.88. The molecule has 0 saturated heterocycles. The van der Waals surface area contributed by atoms with E-state index in [1.165, 1.54) is 0 Å². The summed E-state index contributed by atoms with van der Waals surface area (Å²) in [5, 5.41) is 18.8. The first kappa shape index (κ1) is 11.3. The number of carbonyl (C=O) groups is 1. The monoisotopic (exact) mass is 255 g/mol. The van der Waals surface area contributed by atoms with Crippen LogP contribution in [-0.2, 0) is 11.3 Å². The molecule has 0 fully saturated rings. The molecule has 2 aromatic rings. The van der Waals surface area contributed by atoms with Crippen LogP contribution < -0.4 is 5.06 Å². The van der Waals surface area contributed by atoms with Crippen LogP contribution in [0.5, 0.6) is 0 Å². The van der Waals surface area contributed by atoms with Gasteiger partial charge in [-0.05, 0) is 29.8 Å². The lowest BCUT2D eigenvalue weighted by Gasteiger charge is -2.23. The topological polar surface area (TPSA) is 89.3 Å². The Kier molecular flexibility index (Phi) is 2.47. The molecule has 94 valence electrons. The van der Waals surface area contributed by atoms with Gasteiger partial charge in [0.05, 0.1) is 5.69 Å². The number of aromatic nitrogens is 1. The van der Waals surface area contributed by atoms with Crippen molar-refractivity contribution in [3.8, 4) is 17.3 Å². The maximum absolute atomic E-state index is 11.2. The molecule has 1 aromatic carbocycles. The number of ether oxygens (including phenoxy) is 1. The Morgan fingerprint density at radius 3 is 2.95 bits per heavy atom. The molecule has 1 aromatic heterocycles. The highest BCUT2D eigenvalue weighted by Crippen LogP contribution is 2.30. The van der Waals surface area contributed by atoms with Crippen molar-refractivity contribution >= 4 is 11.8 Å². The summed E-state index contributed by atoms with van der Waals surface area (Å²) >= 11 is 0. The smallest absolute Gasteiger partial charge is 0.438 e. The first-order valence-corrected chi connectivity index (χ1v) is 5.57. The number of benzene rings is 1. The molecule has 1 aliphatic heterocycles. The van der Waals surface area contributed by atoms with Crippen LogP contribution in [0.1, 0.15) is 11.3 Å². The highest BCUT2D eigenvalue weighted by Gasteiger charge is 2.24. The third kappa shape index (κ3) is 1.82. The molecule has 19 heavy (non-hydrogen) atoms. The second-order valence-corrected chi connectivity index (χ2v) is 4.11. The third-order valence-corrected chi connectivity index (χ3v) is 2.95. The molecule has 6 nitrogen and oxygen atoms in total. The van der Waals surface area contributed by atoms with Crippen LogP contribution >= 0.6 is 0 Å². The molecule has 0 saturated carbocycles. The Bertz CT molecular complexity index is 699. The lowest BCUT2D eigenvalue weighted by Crippen LogP contribution is -2.32. The zero-order chi connectivity index (χ0) is 13.4. The van der Waals surface area contributed by atoms with E-state index in [0.717, 1.165) is 11.3 Å². The lowest BCUT2D eigenvalue weighted by atomic mass is 10.1. The third-order valence-electron chi connectivity index (χ3n) is 2.95. The van der Waals surface area contributed by atoms with Gasteiger partial charge >= 0.3 is 6.09 Å². The van der Waals surface area contributed by atoms with E-state index >= 15 is 0 Å². The van der Waals surface area contributed by atoms with Gasteiger partial charge < -0.3 is 9.72 Å². The fraction of sp³-hybridized carbons (Fsp3) is 0.0769. The van der Waals surface area contributed by atoms with Gasteiger partial charge in [-0.15, -0.1) is 0 Å². The number of carbonyl (C=O) groups excluding carboxylic acids is 1. The summed E-state index contributed by atoms with van der Waals surface area (Å²) in [6.07, 6.45) is -0.785. The molecule has 2 N–H and O–H groups in total. The van der Waals surface area contributed by atoms with E-state index in [2.05, 4.69) is 4.98 Å². The molecule has 0 aliphatic carbocycles. The van der Waals surface area contributed by atoms with Crippen molar-refractivity contribution < 1.29 is 14.7 Å². The summed E-state index contributed by atoms with van der Waals surface area (Å²) in [6, 6.07) is 10.7. The number of anilines is 1. The number of hydrogen-bond donors (Lipinski definition) is 2. The van der Waals surface area contributed by atoms with E-state index in [1.54, 1.807) is 30.3 Å².